The highest BCUT2D eigenvalue weighted by atomic mass is 32.2. The molecule has 1 aromatic heterocycles. The maximum Gasteiger partial charge on any atom is 0.405 e. The van der Waals surface area contributed by atoms with Crippen LogP contribution in [0, 0.1) is 6.92 Å². The number of amides is 2. The molecule has 31 heavy (non-hydrogen) atoms. The molecule has 0 unspecified atom stereocenters. The third-order valence-corrected chi connectivity index (χ3v) is 4.97. The van der Waals surface area contributed by atoms with Crippen molar-refractivity contribution in [2.45, 2.75) is 23.7 Å². The molecule has 1 heterocycles. The molecule has 0 aliphatic rings. The highest BCUT2D eigenvalue weighted by Gasteiger charge is 2.27. The summed E-state index contributed by atoms with van der Waals surface area (Å²) in [5.41, 5.74) is 0.869. The molecule has 2 aromatic carbocycles. The summed E-state index contributed by atoms with van der Waals surface area (Å²) in [6.45, 7) is 0.298. The Morgan fingerprint density at radius 1 is 1.06 bits per heavy atom. The van der Waals surface area contributed by atoms with E-state index in [0.717, 1.165) is 0 Å². The van der Waals surface area contributed by atoms with Gasteiger partial charge in [0.1, 0.15) is 6.54 Å². The predicted molar refractivity (Wildman–Crippen MR) is 108 cm³/mol. The average Bonchev–Trinajstić information content (AvgIpc) is 3.16. The first kappa shape index (κ1) is 22.3. The zero-order valence-corrected chi connectivity index (χ0v) is 17.0. The summed E-state index contributed by atoms with van der Waals surface area (Å²) in [6, 6.07) is 12.5. The molecule has 0 radical (unpaired) electrons. The minimum Gasteiger partial charge on any atom is -0.343 e. The molecule has 162 valence electrons. The summed E-state index contributed by atoms with van der Waals surface area (Å²) in [6.07, 6.45) is -4.49. The summed E-state index contributed by atoms with van der Waals surface area (Å²) in [4.78, 5) is 29.3. The van der Waals surface area contributed by atoms with Gasteiger partial charge >= 0.3 is 6.18 Å². The monoisotopic (exact) mass is 450 g/mol. The summed E-state index contributed by atoms with van der Waals surface area (Å²) >= 11 is 1.36. The van der Waals surface area contributed by atoms with E-state index in [9.17, 15) is 22.8 Å². The van der Waals surface area contributed by atoms with Crippen molar-refractivity contribution in [1.29, 1.82) is 0 Å². The molecule has 2 amide bonds. The molecule has 3 aromatic rings. The highest BCUT2D eigenvalue weighted by molar-refractivity contribution is 7.98. The van der Waals surface area contributed by atoms with Crippen molar-refractivity contribution in [2.24, 2.45) is 0 Å². The maximum atomic E-state index is 12.7. The Balaban J connectivity index is 1.63. The smallest absolute Gasteiger partial charge is 0.343 e. The maximum absolute atomic E-state index is 12.7. The lowest BCUT2D eigenvalue weighted by atomic mass is 10.1. The molecule has 11 heteroatoms. The number of halogens is 3. The standard InChI is InChI=1S/C20H17F3N4O3S/c1-12-25-17(30-27-12)10-31-16-5-3-2-4-15(16)19(29)26-14-8-6-13(7-9-14)18(28)24-11-20(21,22)23/h2-9H,10-11H2,1H3,(H,24,28)(H,26,29). The second-order valence-electron chi connectivity index (χ2n) is 6.35. The number of hydrogen-bond acceptors (Lipinski definition) is 6. The SMILES string of the molecule is Cc1noc(CSc2ccccc2C(=O)Nc2ccc(C(=O)NCC(F)(F)F)cc2)n1. The molecule has 0 fully saturated rings. The molecule has 0 saturated heterocycles. The van der Waals surface area contributed by atoms with E-state index in [2.05, 4.69) is 15.5 Å². The van der Waals surface area contributed by atoms with Gasteiger partial charge in [-0.2, -0.15) is 18.2 Å². The third kappa shape index (κ3) is 6.57. The Morgan fingerprint density at radius 2 is 1.77 bits per heavy atom. The van der Waals surface area contributed by atoms with Gasteiger partial charge in [0, 0.05) is 16.1 Å². The fourth-order valence-electron chi connectivity index (χ4n) is 2.50. The van der Waals surface area contributed by atoms with E-state index in [1.165, 1.54) is 36.0 Å². The fourth-order valence-corrected chi connectivity index (χ4v) is 3.39. The lowest BCUT2D eigenvalue weighted by Crippen LogP contribution is -2.33. The molecule has 3 rings (SSSR count). The van der Waals surface area contributed by atoms with Crippen LogP contribution in [-0.4, -0.2) is 34.7 Å². The van der Waals surface area contributed by atoms with Crippen LogP contribution in [-0.2, 0) is 5.75 Å². The first-order valence-corrected chi connectivity index (χ1v) is 9.97. The molecule has 0 bridgehead atoms. The number of carbonyl (C=O) groups is 2. The number of hydrogen-bond donors (Lipinski definition) is 2. The van der Waals surface area contributed by atoms with Gasteiger partial charge in [-0.3, -0.25) is 9.59 Å². The van der Waals surface area contributed by atoms with Crippen LogP contribution < -0.4 is 10.6 Å². The van der Waals surface area contributed by atoms with Crippen molar-refractivity contribution >= 4 is 29.3 Å². The Morgan fingerprint density at radius 3 is 2.42 bits per heavy atom. The summed E-state index contributed by atoms with van der Waals surface area (Å²) in [5.74, 6) is 0.133. The molecule has 7 nitrogen and oxygen atoms in total. The molecule has 0 atom stereocenters. The van der Waals surface area contributed by atoms with E-state index >= 15 is 0 Å². The van der Waals surface area contributed by atoms with Gasteiger partial charge in [0.15, 0.2) is 5.82 Å². The molecule has 2 N–H and O–H groups in total. The van der Waals surface area contributed by atoms with Crippen LogP contribution in [0.2, 0.25) is 0 Å². The fraction of sp³-hybridized carbons (Fsp3) is 0.200. The summed E-state index contributed by atoms with van der Waals surface area (Å²) < 4.78 is 41.7. The van der Waals surface area contributed by atoms with Gasteiger partial charge in [-0.05, 0) is 43.3 Å². The van der Waals surface area contributed by atoms with E-state index in [1.807, 2.05) is 0 Å². The average molecular weight is 450 g/mol. The number of alkyl halides is 3. The number of aryl methyl sites for hydroxylation is 1. The van der Waals surface area contributed by atoms with Crippen molar-refractivity contribution in [3.8, 4) is 0 Å². The minimum absolute atomic E-state index is 0.0491. The second-order valence-corrected chi connectivity index (χ2v) is 7.37. The van der Waals surface area contributed by atoms with Crippen LogP contribution in [0.3, 0.4) is 0 Å². The lowest BCUT2D eigenvalue weighted by Gasteiger charge is -2.11. The summed E-state index contributed by atoms with van der Waals surface area (Å²) in [5, 5.41) is 8.22. The van der Waals surface area contributed by atoms with Crippen LogP contribution in [0.25, 0.3) is 0 Å². The number of nitrogens with one attached hydrogen (secondary N) is 2. The van der Waals surface area contributed by atoms with E-state index in [1.54, 1.807) is 36.5 Å². The number of benzene rings is 2. The zero-order chi connectivity index (χ0) is 22.4. The topological polar surface area (TPSA) is 97.1 Å². The third-order valence-electron chi connectivity index (χ3n) is 3.91. The molecule has 0 spiro atoms. The first-order valence-electron chi connectivity index (χ1n) is 8.98. The van der Waals surface area contributed by atoms with Crippen molar-refractivity contribution in [1.82, 2.24) is 15.5 Å². The molecule has 0 aliphatic carbocycles. The molecule has 0 saturated carbocycles. The van der Waals surface area contributed by atoms with Crippen LogP contribution in [0.1, 0.15) is 32.4 Å². The van der Waals surface area contributed by atoms with Crippen molar-refractivity contribution in [2.75, 3.05) is 11.9 Å². The first-order chi connectivity index (χ1) is 14.7. The molecular weight excluding hydrogens is 433 g/mol. The normalized spacial score (nSPS) is 11.2. The van der Waals surface area contributed by atoms with Crippen LogP contribution >= 0.6 is 11.8 Å². The van der Waals surface area contributed by atoms with Crippen LogP contribution in [0.15, 0.2) is 57.9 Å². The number of rotatable bonds is 7. The van der Waals surface area contributed by atoms with Crippen molar-refractivity contribution in [3.05, 3.63) is 71.4 Å². The number of thioether (sulfide) groups is 1. The van der Waals surface area contributed by atoms with Gasteiger partial charge in [0.05, 0.1) is 11.3 Å². The van der Waals surface area contributed by atoms with E-state index in [0.29, 0.717) is 33.6 Å². The Labute approximate surface area is 179 Å². The molecule has 0 aliphatic heterocycles. The highest BCUT2D eigenvalue weighted by Crippen LogP contribution is 2.26. The second kappa shape index (κ2) is 9.65. The Bertz CT molecular complexity index is 1070. The Kier molecular flexibility index (Phi) is 6.95. The van der Waals surface area contributed by atoms with Gasteiger partial charge in [0.25, 0.3) is 11.8 Å². The van der Waals surface area contributed by atoms with Gasteiger partial charge in [0.2, 0.25) is 5.89 Å². The van der Waals surface area contributed by atoms with Gasteiger partial charge in [-0.25, -0.2) is 0 Å². The van der Waals surface area contributed by atoms with E-state index in [4.69, 9.17) is 4.52 Å². The number of carbonyl (C=O) groups excluding carboxylic acids is 2. The number of nitrogens with zero attached hydrogens (tertiary/aromatic N) is 2. The summed E-state index contributed by atoms with van der Waals surface area (Å²) in [7, 11) is 0. The lowest BCUT2D eigenvalue weighted by molar-refractivity contribution is -0.123. The van der Waals surface area contributed by atoms with Gasteiger partial charge < -0.3 is 15.2 Å². The van der Waals surface area contributed by atoms with Gasteiger partial charge in [-0.15, -0.1) is 11.8 Å². The zero-order valence-electron chi connectivity index (χ0n) is 16.2. The van der Waals surface area contributed by atoms with E-state index in [-0.39, 0.29) is 11.5 Å². The van der Waals surface area contributed by atoms with Crippen molar-refractivity contribution < 1.29 is 27.3 Å². The van der Waals surface area contributed by atoms with E-state index < -0.39 is 18.6 Å². The minimum atomic E-state index is -4.49. The van der Waals surface area contributed by atoms with Crippen LogP contribution in [0.4, 0.5) is 18.9 Å². The van der Waals surface area contributed by atoms with Crippen molar-refractivity contribution in [3.63, 3.8) is 0 Å². The Hall–Kier alpha value is -3.34. The largest absolute Gasteiger partial charge is 0.405 e. The van der Waals surface area contributed by atoms with Crippen LogP contribution in [0.5, 0.6) is 0 Å². The number of anilines is 1. The van der Waals surface area contributed by atoms with Gasteiger partial charge in [-0.1, -0.05) is 17.3 Å². The predicted octanol–water partition coefficient (Wildman–Crippen LogP) is 4.21. The number of aromatic nitrogens is 2. The quantitative estimate of drug-likeness (QED) is 0.524. The molecular formula is C20H17F3N4O3S.